The van der Waals surface area contributed by atoms with Crippen LogP contribution >= 0.6 is 0 Å². The summed E-state index contributed by atoms with van der Waals surface area (Å²) in [7, 11) is 0. The molecule has 16 heavy (non-hydrogen) atoms. The molecule has 0 fully saturated rings. The highest BCUT2D eigenvalue weighted by Gasteiger charge is 2.12. The second-order valence-corrected chi connectivity index (χ2v) is 3.27. The molecule has 96 valence electrons. The molecule has 0 amide bonds. The van der Waals surface area contributed by atoms with E-state index in [1.54, 1.807) is 0 Å². The van der Waals surface area contributed by atoms with Crippen molar-refractivity contribution in [3.05, 3.63) is 12.2 Å². The van der Waals surface area contributed by atoms with E-state index in [1.165, 1.54) is 0 Å². The zero-order valence-electron chi connectivity index (χ0n) is 8.27. The molecule has 2 N–H and O–H groups in total. The van der Waals surface area contributed by atoms with Gasteiger partial charge in [0.1, 0.15) is 0 Å². The maximum atomic E-state index is 10.2. The Bertz CT molecular complexity index is 217. The van der Waals surface area contributed by atoms with E-state index < -0.39 is 11.9 Å². The standard InChI is InChI=1S/C8H12O2.C2H4O2.2CH4/c9-8(10)6-7-4-2-1-3-5-7;1-2(3)4;;/h1-2,7H,3-6H2,(H,9,10);1H3,(H,3,4);2*1H4/t7-;;;/m1.../s1. The first-order valence-corrected chi connectivity index (χ1v) is 4.58. The van der Waals surface area contributed by atoms with Crippen LogP contribution in [0.5, 0.6) is 0 Å². The smallest absolute Gasteiger partial charge is 0.303 e. The number of hydrogen-bond donors (Lipinski definition) is 2. The molecule has 1 aliphatic rings. The maximum Gasteiger partial charge on any atom is 0.303 e. The van der Waals surface area contributed by atoms with Crippen LogP contribution in [-0.2, 0) is 9.59 Å². The largest absolute Gasteiger partial charge is 0.481 e. The Morgan fingerprint density at radius 3 is 2.06 bits per heavy atom. The molecule has 0 aliphatic heterocycles. The third kappa shape index (κ3) is 15.2. The predicted octanol–water partition coefficient (Wildman–Crippen LogP) is 3.18. The van der Waals surface area contributed by atoms with Crippen LogP contribution in [0, 0.1) is 5.92 Å². The van der Waals surface area contributed by atoms with Gasteiger partial charge in [-0.3, -0.25) is 9.59 Å². The van der Waals surface area contributed by atoms with Gasteiger partial charge in [0.2, 0.25) is 0 Å². The molecule has 0 heterocycles. The lowest BCUT2D eigenvalue weighted by molar-refractivity contribution is -0.138. The summed E-state index contributed by atoms with van der Waals surface area (Å²) in [6.45, 7) is 1.08. The SMILES string of the molecule is C.C.CC(=O)O.O=C(O)C[C@@H]1CC=CCC1. The van der Waals surface area contributed by atoms with E-state index in [4.69, 9.17) is 15.0 Å². The van der Waals surface area contributed by atoms with Gasteiger partial charge in [-0.05, 0) is 25.2 Å². The van der Waals surface area contributed by atoms with Gasteiger partial charge in [-0.2, -0.15) is 0 Å². The molecule has 0 saturated heterocycles. The molecule has 1 aliphatic carbocycles. The van der Waals surface area contributed by atoms with Crippen molar-refractivity contribution < 1.29 is 19.8 Å². The maximum absolute atomic E-state index is 10.2. The van der Waals surface area contributed by atoms with Crippen LogP contribution in [-0.4, -0.2) is 22.2 Å². The topological polar surface area (TPSA) is 74.6 Å². The summed E-state index contributed by atoms with van der Waals surface area (Å²) >= 11 is 0. The first kappa shape index (κ1) is 20.1. The number of carboxylic acids is 2. The predicted molar refractivity (Wildman–Crippen MR) is 65.5 cm³/mol. The van der Waals surface area contributed by atoms with Gasteiger partial charge in [-0.1, -0.05) is 27.0 Å². The molecule has 0 aromatic rings. The number of carbonyl (C=O) groups is 2. The fourth-order valence-corrected chi connectivity index (χ4v) is 1.29. The van der Waals surface area contributed by atoms with Crippen molar-refractivity contribution in [3.63, 3.8) is 0 Å². The molecule has 0 unspecified atom stereocenters. The zero-order chi connectivity index (χ0) is 11.0. The fraction of sp³-hybridized carbons (Fsp3) is 0.667. The lowest BCUT2D eigenvalue weighted by Gasteiger charge is -2.14. The van der Waals surface area contributed by atoms with Crippen LogP contribution in [0.25, 0.3) is 0 Å². The third-order valence-electron chi connectivity index (χ3n) is 1.84. The average molecular weight is 232 g/mol. The number of rotatable bonds is 2. The zero-order valence-corrected chi connectivity index (χ0v) is 8.27. The minimum atomic E-state index is -0.833. The van der Waals surface area contributed by atoms with Crippen LogP contribution in [0.2, 0.25) is 0 Å². The van der Waals surface area contributed by atoms with Crippen molar-refractivity contribution in [2.45, 2.75) is 47.5 Å². The van der Waals surface area contributed by atoms with E-state index >= 15 is 0 Å². The molecule has 0 radical (unpaired) electrons. The molecule has 0 aromatic carbocycles. The van der Waals surface area contributed by atoms with Crippen molar-refractivity contribution >= 4 is 11.9 Å². The molecule has 4 nitrogen and oxygen atoms in total. The van der Waals surface area contributed by atoms with Crippen molar-refractivity contribution in [3.8, 4) is 0 Å². The quantitative estimate of drug-likeness (QED) is 0.717. The molecular formula is C12H24O4. The van der Waals surface area contributed by atoms with Crippen LogP contribution in [0.4, 0.5) is 0 Å². The highest BCUT2D eigenvalue weighted by molar-refractivity contribution is 5.67. The van der Waals surface area contributed by atoms with E-state index in [9.17, 15) is 4.79 Å². The van der Waals surface area contributed by atoms with Crippen LogP contribution in [0.3, 0.4) is 0 Å². The summed E-state index contributed by atoms with van der Waals surface area (Å²) in [5.74, 6) is -1.11. The van der Waals surface area contributed by atoms with Crippen molar-refractivity contribution in [1.29, 1.82) is 0 Å². The third-order valence-corrected chi connectivity index (χ3v) is 1.84. The molecule has 0 saturated carbocycles. The van der Waals surface area contributed by atoms with Gasteiger partial charge in [0.25, 0.3) is 5.97 Å². The van der Waals surface area contributed by atoms with Crippen molar-refractivity contribution in [1.82, 2.24) is 0 Å². The van der Waals surface area contributed by atoms with Gasteiger partial charge < -0.3 is 10.2 Å². The second kappa shape index (κ2) is 11.8. The van der Waals surface area contributed by atoms with E-state index in [-0.39, 0.29) is 14.9 Å². The Labute approximate surface area is 98.0 Å². The molecule has 0 aromatic heterocycles. The number of hydrogen-bond acceptors (Lipinski definition) is 2. The van der Waals surface area contributed by atoms with E-state index in [0.717, 1.165) is 26.2 Å². The van der Waals surface area contributed by atoms with Crippen molar-refractivity contribution in [2.24, 2.45) is 5.92 Å². The minimum Gasteiger partial charge on any atom is -0.481 e. The summed E-state index contributed by atoms with van der Waals surface area (Å²) < 4.78 is 0. The molecule has 0 bridgehead atoms. The van der Waals surface area contributed by atoms with Crippen molar-refractivity contribution in [2.75, 3.05) is 0 Å². The summed E-state index contributed by atoms with van der Waals surface area (Å²) in [6, 6.07) is 0. The summed E-state index contributed by atoms with van der Waals surface area (Å²) in [5.41, 5.74) is 0. The average Bonchev–Trinajstić information content (AvgIpc) is 2.03. The minimum absolute atomic E-state index is 0. The first-order valence-electron chi connectivity index (χ1n) is 4.58. The van der Waals surface area contributed by atoms with Gasteiger partial charge in [-0.25, -0.2) is 0 Å². The molecule has 1 atom stereocenters. The Morgan fingerprint density at radius 2 is 1.75 bits per heavy atom. The molecule has 4 heteroatoms. The monoisotopic (exact) mass is 232 g/mol. The first-order chi connectivity index (χ1) is 6.52. The number of aliphatic carboxylic acids is 2. The van der Waals surface area contributed by atoms with Gasteiger partial charge in [-0.15, -0.1) is 0 Å². The van der Waals surface area contributed by atoms with Crippen LogP contribution in [0.15, 0.2) is 12.2 Å². The summed E-state index contributed by atoms with van der Waals surface area (Å²) in [5, 5.41) is 15.9. The van der Waals surface area contributed by atoms with E-state index in [2.05, 4.69) is 12.2 Å². The van der Waals surface area contributed by atoms with Crippen LogP contribution in [0.1, 0.15) is 47.5 Å². The Hall–Kier alpha value is -1.32. The molecule has 1 rings (SSSR count). The lowest BCUT2D eigenvalue weighted by atomic mass is 9.92. The molecular weight excluding hydrogens is 208 g/mol. The van der Waals surface area contributed by atoms with E-state index in [0.29, 0.717) is 12.3 Å². The van der Waals surface area contributed by atoms with Gasteiger partial charge in [0.05, 0.1) is 0 Å². The Balaban J connectivity index is -0.000000249. The highest BCUT2D eigenvalue weighted by Crippen LogP contribution is 2.20. The normalized spacial score (nSPS) is 16.9. The van der Waals surface area contributed by atoms with Gasteiger partial charge >= 0.3 is 5.97 Å². The lowest BCUT2D eigenvalue weighted by Crippen LogP contribution is -2.08. The number of carboxylic acid groups (broad SMARTS) is 2. The molecule has 0 spiro atoms. The Kier molecular flexibility index (Phi) is 14.8. The highest BCUT2D eigenvalue weighted by atomic mass is 16.4. The summed E-state index contributed by atoms with van der Waals surface area (Å²) in [4.78, 5) is 19.2. The fourth-order valence-electron chi connectivity index (χ4n) is 1.29. The second-order valence-electron chi connectivity index (χ2n) is 3.27. The van der Waals surface area contributed by atoms with Gasteiger partial charge in [0.15, 0.2) is 0 Å². The number of allylic oxidation sites excluding steroid dienone is 2. The Morgan fingerprint density at radius 1 is 1.25 bits per heavy atom. The van der Waals surface area contributed by atoms with Gasteiger partial charge in [0, 0.05) is 13.3 Å². The van der Waals surface area contributed by atoms with Crippen LogP contribution < -0.4 is 0 Å². The summed E-state index contributed by atoms with van der Waals surface area (Å²) in [6.07, 6.45) is 7.59. The van der Waals surface area contributed by atoms with E-state index in [1.807, 2.05) is 0 Å².